The van der Waals surface area contributed by atoms with Crippen molar-refractivity contribution in [3.05, 3.63) is 54.1 Å². The number of hydrogen-bond donors (Lipinski definition) is 2. The lowest BCUT2D eigenvalue weighted by Crippen LogP contribution is -2.49. The molecule has 1 aliphatic heterocycles. The second-order valence-corrected chi connectivity index (χ2v) is 8.61. The summed E-state index contributed by atoms with van der Waals surface area (Å²) in [4.78, 5) is 53.4. The maximum atomic E-state index is 13.0. The van der Waals surface area contributed by atoms with Crippen LogP contribution in [-0.2, 0) is 9.59 Å². The van der Waals surface area contributed by atoms with Gasteiger partial charge in [-0.15, -0.1) is 0 Å². The molecule has 1 aliphatic carbocycles. The zero-order valence-corrected chi connectivity index (χ0v) is 19.3. The molecule has 0 aromatic heterocycles. The van der Waals surface area contributed by atoms with Gasteiger partial charge >= 0.3 is 6.03 Å². The smallest absolute Gasteiger partial charge is 0.327 e. The first-order valence-electron chi connectivity index (χ1n) is 11.3. The Balaban J connectivity index is 1.37. The molecule has 2 N–H and O–H groups in total. The minimum absolute atomic E-state index is 0.293. The molecule has 5 amide bonds. The summed E-state index contributed by atoms with van der Waals surface area (Å²) in [6.45, 7) is -0.347. The normalized spacial score (nSPS) is 17.1. The number of imide groups is 1. The Hall–Kier alpha value is -3.88. The SMILES string of the molecule is COc1ccccc1NC(=O)c1ccc(NC(=O)CN2C(=O)N(C)C3(CCCCC3)C2=O)cc1. The molecule has 2 aromatic rings. The Morgan fingerprint density at radius 1 is 0.971 bits per heavy atom. The molecule has 9 nitrogen and oxygen atoms in total. The Bertz CT molecular complexity index is 1110. The number of nitrogens with one attached hydrogen (secondary N) is 2. The van der Waals surface area contributed by atoms with Crippen LogP contribution >= 0.6 is 0 Å². The maximum absolute atomic E-state index is 13.0. The van der Waals surface area contributed by atoms with E-state index in [1.165, 1.54) is 12.0 Å². The highest BCUT2D eigenvalue weighted by molar-refractivity contribution is 6.10. The number of likely N-dealkylation sites (N-methyl/N-ethyl adjacent to an activating group) is 1. The number of anilines is 2. The van der Waals surface area contributed by atoms with Gasteiger partial charge in [0.2, 0.25) is 5.91 Å². The van der Waals surface area contributed by atoms with Crippen LogP contribution in [0.15, 0.2) is 48.5 Å². The van der Waals surface area contributed by atoms with E-state index in [-0.39, 0.29) is 18.4 Å². The lowest BCUT2D eigenvalue weighted by atomic mass is 9.81. The minimum Gasteiger partial charge on any atom is -0.495 e. The highest BCUT2D eigenvalue weighted by Crippen LogP contribution is 2.39. The van der Waals surface area contributed by atoms with Crippen molar-refractivity contribution in [2.75, 3.05) is 31.3 Å². The van der Waals surface area contributed by atoms with Crippen LogP contribution in [0.4, 0.5) is 16.2 Å². The molecule has 1 spiro atoms. The van der Waals surface area contributed by atoms with Gasteiger partial charge in [-0.1, -0.05) is 31.4 Å². The van der Waals surface area contributed by atoms with Crippen molar-refractivity contribution >= 4 is 35.1 Å². The number of nitrogens with zero attached hydrogens (tertiary/aromatic N) is 2. The minimum atomic E-state index is -0.813. The Morgan fingerprint density at radius 2 is 1.65 bits per heavy atom. The van der Waals surface area contributed by atoms with Gasteiger partial charge in [-0.3, -0.25) is 19.3 Å². The number of amides is 5. The molecular formula is C25H28N4O5. The fraction of sp³-hybridized carbons (Fsp3) is 0.360. The average molecular weight is 465 g/mol. The molecule has 1 saturated carbocycles. The third-order valence-electron chi connectivity index (χ3n) is 6.57. The summed E-state index contributed by atoms with van der Waals surface area (Å²) in [5.41, 5.74) is 0.591. The summed E-state index contributed by atoms with van der Waals surface area (Å²) in [5.74, 6) is -0.546. The van der Waals surface area contributed by atoms with E-state index < -0.39 is 17.5 Å². The van der Waals surface area contributed by atoms with E-state index in [4.69, 9.17) is 4.74 Å². The Morgan fingerprint density at radius 3 is 2.32 bits per heavy atom. The number of urea groups is 1. The van der Waals surface area contributed by atoms with E-state index in [2.05, 4.69) is 10.6 Å². The lowest BCUT2D eigenvalue weighted by Gasteiger charge is -2.35. The highest BCUT2D eigenvalue weighted by atomic mass is 16.5. The summed E-state index contributed by atoms with van der Waals surface area (Å²) in [5, 5.41) is 5.49. The van der Waals surface area contributed by atoms with Crippen molar-refractivity contribution < 1.29 is 23.9 Å². The van der Waals surface area contributed by atoms with Crippen molar-refractivity contribution in [3.8, 4) is 5.75 Å². The van der Waals surface area contributed by atoms with Gasteiger partial charge < -0.3 is 20.3 Å². The van der Waals surface area contributed by atoms with Gasteiger partial charge in [0, 0.05) is 18.3 Å². The monoisotopic (exact) mass is 464 g/mol. The first kappa shape index (κ1) is 23.3. The molecule has 0 bridgehead atoms. The zero-order valence-electron chi connectivity index (χ0n) is 19.3. The fourth-order valence-corrected chi connectivity index (χ4v) is 4.66. The van der Waals surface area contributed by atoms with E-state index in [1.54, 1.807) is 49.5 Å². The number of carbonyl (C=O) groups excluding carboxylic acids is 4. The van der Waals surface area contributed by atoms with Crippen LogP contribution < -0.4 is 15.4 Å². The Kier molecular flexibility index (Phi) is 6.54. The van der Waals surface area contributed by atoms with Crippen LogP contribution in [0.5, 0.6) is 5.75 Å². The van der Waals surface area contributed by atoms with Crippen molar-refractivity contribution in [3.63, 3.8) is 0 Å². The molecule has 0 atom stereocenters. The molecule has 2 aromatic carbocycles. The van der Waals surface area contributed by atoms with E-state index in [0.717, 1.165) is 24.2 Å². The van der Waals surface area contributed by atoms with Gasteiger partial charge in [0.1, 0.15) is 17.8 Å². The third kappa shape index (κ3) is 4.33. The van der Waals surface area contributed by atoms with Gasteiger partial charge in [0.15, 0.2) is 0 Å². The predicted octanol–water partition coefficient (Wildman–Crippen LogP) is 3.48. The van der Waals surface area contributed by atoms with Gasteiger partial charge in [0.25, 0.3) is 11.8 Å². The number of ether oxygens (including phenoxy) is 1. The molecule has 34 heavy (non-hydrogen) atoms. The maximum Gasteiger partial charge on any atom is 0.327 e. The van der Waals surface area contributed by atoms with E-state index >= 15 is 0 Å². The Labute approximate surface area is 198 Å². The predicted molar refractivity (Wildman–Crippen MR) is 127 cm³/mol. The van der Waals surface area contributed by atoms with E-state index in [9.17, 15) is 19.2 Å². The van der Waals surface area contributed by atoms with Gasteiger partial charge in [0.05, 0.1) is 12.8 Å². The summed E-state index contributed by atoms with van der Waals surface area (Å²) >= 11 is 0. The quantitative estimate of drug-likeness (QED) is 0.637. The van der Waals surface area contributed by atoms with E-state index in [0.29, 0.717) is 35.5 Å². The van der Waals surface area contributed by atoms with Gasteiger partial charge in [-0.25, -0.2) is 4.79 Å². The number of methoxy groups -OCH3 is 1. The lowest BCUT2D eigenvalue weighted by molar-refractivity contribution is -0.136. The van der Waals surface area contributed by atoms with Gasteiger partial charge in [-0.05, 0) is 49.2 Å². The number of benzene rings is 2. The van der Waals surface area contributed by atoms with Crippen LogP contribution in [0.3, 0.4) is 0 Å². The molecule has 0 unspecified atom stereocenters. The summed E-state index contributed by atoms with van der Waals surface area (Å²) in [6.07, 6.45) is 4.08. The van der Waals surface area contributed by atoms with Crippen LogP contribution in [0, 0.1) is 0 Å². The molecule has 9 heteroatoms. The second kappa shape index (κ2) is 9.54. The average Bonchev–Trinajstić information content (AvgIpc) is 3.01. The van der Waals surface area contributed by atoms with Crippen LogP contribution in [-0.4, -0.2) is 59.8 Å². The van der Waals surface area contributed by atoms with Gasteiger partial charge in [-0.2, -0.15) is 0 Å². The molecule has 1 heterocycles. The topological polar surface area (TPSA) is 108 Å². The molecule has 178 valence electrons. The molecule has 0 radical (unpaired) electrons. The molecule has 4 rings (SSSR count). The molecule has 1 saturated heterocycles. The highest BCUT2D eigenvalue weighted by Gasteiger charge is 2.55. The van der Waals surface area contributed by atoms with Crippen molar-refractivity contribution in [1.29, 1.82) is 0 Å². The number of rotatable bonds is 6. The van der Waals surface area contributed by atoms with Crippen LogP contribution in [0.2, 0.25) is 0 Å². The van der Waals surface area contributed by atoms with Crippen molar-refractivity contribution in [2.45, 2.75) is 37.6 Å². The summed E-state index contributed by atoms with van der Waals surface area (Å²) < 4.78 is 5.24. The van der Waals surface area contributed by atoms with Crippen molar-refractivity contribution in [2.24, 2.45) is 0 Å². The standard InChI is InChI=1S/C25H28N4O5/c1-28-24(33)29(23(32)25(28)14-6-3-7-15-25)16-21(30)26-18-12-10-17(11-13-18)22(31)27-19-8-4-5-9-20(19)34-2/h4-5,8-13H,3,6-7,14-16H2,1-2H3,(H,26,30)(H,27,31). The second-order valence-electron chi connectivity index (χ2n) is 8.61. The fourth-order valence-electron chi connectivity index (χ4n) is 4.66. The number of para-hydroxylation sites is 2. The van der Waals surface area contributed by atoms with Crippen LogP contribution in [0.25, 0.3) is 0 Å². The third-order valence-corrected chi connectivity index (χ3v) is 6.57. The van der Waals surface area contributed by atoms with E-state index in [1.807, 2.05) is 6.07 Å². The first-order valence-corrected chi connectivity index (χ1v) is 11.3. The number of hydrogen-bond acceptors (Lipinski definition) is 5. The number of carbonyl (C=O) groups is 4. The molecule has 2 aliphatic rings. The largest absolute Gasteiger partial charge is 0.495 e. The van der Waals surface area contributed by atoms with Crippen molar-refractivity contribution in [1.82, 2.24) is 9.80 Å². The zero-order chi connectivity index (χ0) is 24.3. The summed E-state index contributed by atoms with van der Waals surface area (Å²) in [6, 6.07) is 13.0. The molecule has 2 fully saturated rings. The molecular weight excluding hydrogens is 436 g/mol. The van der Waals surface area contributed by atoms with Crippen LogP contribution in [0.1, 0.15) is 42.5 Å². The first-order chi connectivity index (χ1) is 16.4. The summed E-state index contributed by atoms with van der Waals surface area (Å²) in [7, 11) is 3.16.